The summed E-state index contributed by atoms with van der Waals surface area (Å²) in [5.41, 5.74) is 2.98. The third kappa shape index (κ3) is 5.55. The monoisotopic (exact) mass is 415 g/mol. The molecular weight excluding hydrogens is 394 g/mol. The van der Waals surface area contributed by atoms with Crippen LogP contribution in [0, 0.1) is 0 Å². The van der Waals surface area contributed by atoms with Crippen LogP contribution in [-0.2, 0) is 12.8 Å². The highest BCUT2D eigenvalue weighted by Crippen LogP contribution is 2.24. The van der Waals surface area contributed by atoms with Gasteiger partial charge in [-0.2, -0.15) is 15.0 Å². The average molecular weight is 416 g/mol. The average Bonchev–Trinajstić information content (AvgIpc) is 2.77. The van der Waals surface area contributed by atoms with Crippen LogP contribution in [0.5, 0.6) is 0 Å². The van der Waals surface area contributed by atoms with Gasteiger partial charge in [0.1, 0.15) is 5.82 Å². The zero-order valence-electron chi connectivity index (χ0n) is 16.4. The molecule has 2 N–H and O–H groups in total. The molecule has 0 fully saturated rings. The molecule has 5 nitrogen and oxygen atoms in total. The first kappa shape index (κ1) is 19.9. The van der Waals surface area contributed by atoms with Gasteiger partial charge in [0, 0.05) is 12.1 Å². The first-order valence-electron chi connectivity index (χ1n) is 9.89. The molecule has 150 valence electrons. The van der Waals surface area contributed by atoms with E-state index in [0.29, 0.717) is 16.9 Å². The summed E-state index contributed by atoms with van der Waals surface area (Å²) in [7, 11) is 0. The number of nitrogens with one attached hydrogen (secondary N) is 2. The summed E-state index contributed by atoms with van der Waals surface area (Å²) < 4.78 is 0. The Balaban J connectivity index is 1.54. The SMILES string of the molecule is Clc1ccccc1Nc1nc(CCCc2ccccc2)nc(Nc2ccccc2)n1. The molecule has 0 radical (unpaired) electrons. The van der Waals surface area contributed by atoms with Crippen molar-refractivity contribution >= 4 is 34.9 Å². The quantitative estimate of drug-likeness (QED) is 0.359. The Bertz CT molecular complexity index is 1090. The van der Waals surface area contributed by atoms with E-state index < -0.39 is 0 Å². The second-order valence-corrected chi connectivity index (χ2v) is 7.24. The minimum absolute atomic E-state index is 0.464. The van der Waals surface area contributed by atoms with Crippen LogP contribution in [0.1, 0.15) is 17.8 Å². The summed E-state index contributed by atoms with van der Waals surface area (Å²) in [6.45, 7) is 0. The number of benzene rings is 3. The van der Waals surface area contributed by atoms with Crippen LogP contribution in [0.15, 0.2) is 84.9 Å². The fourth-order valence-corrected chi connectivity index (χ4v) is 3.26. The van der Waals surface area contributed by atoms with Crippen LogP contribution >= 0.6 is 11.6 Å². The van der Waals surface area contributed by atoms with Crippen LogP contribution in [0.25, 0.3) is 0 Å². The van der Waals surface area contributed by atoms with Crippen molar-refractivity contribution in [3.63, 3.8) is 0 Å². The predicted molar refractivity (Wildman–Crippen MR) is 123 cm³/mol. The number of nitrogens with zero attached hydrogens (tertiary/aromatic N) is 3. The van der Waals surface area contributed by atoms with E-state index >= 15 is 0 Å². The van der Waals surface area contributed by atoms with Gasteiger partial charge in [-0.25, -0.2) is 0 Å². The second-order valence-electron chi connectivity index (χ2n) is 6.83. The van der Waals surface area contributed by atoms with E-state index in [1.165, 1.54) is 5.56 Å². The second kappa shape index (κ2) is 9.85. The smallest absolute Gasteiger partial charge is 0.232 e. The highest BCUT2D eigenvalue weighted by Gasteiger charge is 2.09. The number of aryl methyl sites for hydroxylation is 2. The van der Waals surface area contributed by atoms with Crippen molar-refractivity contribution in [1.29, 1.82) is 0 Å². The van der Waals surface area contributed by atoms with E-state index in [1.54, 1.807) is 0 Å². The third-order valence-electron chi connectivity index (χ3n) is 4.54. The molecule has 3 aromatic carbocycles. The van der Waals surface area contributed by atoms with Gasteiger partial charge in [0.25, 0.3) is 0 Å². The van der Waals surface area contributed by atoms with Gasteiger partial charge in [0.2, 0.25) is 11.9 Å². The van der Waals surface area contributed by atoms with Crippen LogP contribution in [0.2, 0.25) is 5.02 Å². The van der Waals surface area contributed by atoms with Gasteiger partial charge >= 0.3 is 0 Å². The largest absolute Gasteiger partial charge is 0.324 e. The lowest BCUT2D eigenvalue weighted by atomic mass is 10.1. The maximum atomic E-state index is 6.29. The summed E-state index contributed by atoms with van der Waals surface area (Å²) in [5, 5.41) is 7.08. The molecule has 0 saturated carbocycles. The molecule has 0 aliphatic carbocycles. The van der Waals surface area contributed by atoms with Crippen molar-refractivity contribution in [2.75, 3.05) is 10.6 Å². The fourth-order valence-electron chi connectivity index (χ4n) is 3.07. The van der Waals surface area contributed by atoms with Crippen molar-refractivity contribution in [3.05, 3.63) is 101 Å². The van der Waals surface area contributed by atoms with Crippen molar-refractivity contribution in [3.8, 4) is 0 Å². The Morgan fingerprint density at radius 3 is 2.00 bits per heavy atom. The lowest BCUT2D eigenvalue weighted by Crippen LogP contribution is -2.08. The van der Waals surface area contributed by atoms with Gasteiger partial charge in [-0.05, 0) is 42.7 Å². The van der Waals surface area contributed by atoms with E-state index in [2.05, 4.69) is 49.9 Å². The van der Waals surface area contributed by atoms with E-state index in [4.69, 9.17) is 11.6 Å². The molecule has 6 heteroatoms. The van der Waals surface area contributed by atoms with Crippen molar-refractivity contribution in [2.45, 2.75) is 19.3 Å². The first-order chi connectivity index (χ1) is 14.8. The molecule has 0 aliphatic heterocycles. The van der Waals surface area contributed by atoms with Crippen LogP contribution in [0.3, 0.4) is 0 Å². The number of halogens is 1. The van der Waals surface area contributed by atoms with Crippen LogP contribution in [0.4, 0.5) is 23.3 Å². The molecule has 30 heavy (non-hydrogen) atoms. The Labute approximate surface area is 181 Å². The molecule has 1 aromatic heterocycles. The summed E-state index contributed by atoms with van der Waals surface area (Å²) in [4.78, 5) is 13.8. The maximum absolute atomic E-state index is 6.29. The fraction of sp³-hybridized carbons (Fsp3) is 0.125. The summed E-state index contributed by atoms with van der Waals surface area (Å²) in [6.07, 6.45) is 2.67. The Kier molecular flexibility index (Phi) is 6.52. The summed E-state index contributed by atoms with van der Waals surface area (Å²) >= 11 is 6.29. The molecule has 0 bridgehead atoms. The molecule has 4 rings (SSSR count). The van der Waals surface area contributed by atoms with Crippen molar-refractivity contribution in [1.82, 2.24) is 15.0 Å². The molecule has 1 heterocycles. The molecular formula is C24H22ClN5. The lowest BCUT2D eigenvalue weighted by Gasteiger charge is -2.11. The Morgan fingerprint density at radius 2 is 1.27 bits per heavy atom. The number of para-hydroxylation sites is 2. The zero-order valence-corrected chi connectivity index (χ0v) is 17.2. The molecule has 0 unspecified atom stereocenters. The maximum Gasteiger partial charge on any atom is 0.232 e. The topological polar surface area (TPSA) is 62.7 Å². The van der Waals surface area contributed by atoms with Crippen LogP contribution in [-0.4, -0.2) is 15.0 Å². The Morgan fingerprint density at radius 1 is 0.633 bits per heavy atom. The van der Waals surface area contributed by atoms with Crippen molar-refractivity contribution < 1.29 is 0 Å². The minimum atomic E-state index is 0.464. The normalized spacial score (nSPS) is 10.6. The summed E-state index contributed by atoms with van der Waals surface area (Å²) in [5.74, 6) is 1.70. The van der Waals surface area contributed by atoms with Crippen LogP contribution < -0.4 is 10.6 Å². The van der Waals surface area contributed by atoms with E-state index in [-0.39, 0.29) is 0 Å². The number of aromatic nitrogens is 3. The van der Waals surface area contributed by atoms with E-state index in [0.717, 1.165) is 36.5 Å². The molecule has 0 saturated heterocycles. The standard InChI is InChI=1S/C24H22ClN5/c25-20-15-7-8-16-21(20)27-24-29-22(17-9-12-18-10-3-1-4-11-18)28-23(30-24)26-19-13-5-2-6-14-19/h1-8,10-11,13-16H,9,12,17H2,(H2,26,27,28,29,30). The Hall–Kier alpha value is -3.44. The van der Waals surface area contributed by atoms with Gasteiger partial charge in [0.15, 0.2) is 0 Å². The first-order valence-corrected chi connectivity index (χ1v) is 10.3. The number of anilines is 4. The van der Waals surface area contributed by atoms with Gasteiger partial charge in [-0.15, -0.1) is 0 Å². The number of hydrogen-bond acceptors (Lipinski definition) is 5. The highest BCUT2D eigenvalue weighted by atomic mass is 35.5. The highest BCUT2D eigenvalue weighted by molar-refractivity contribution is 6.33. The van der Waals surface area contributed by atoms with E-state index in [9.17, 15) is 0 Å². The molecule has 0 spiro atoms. The third-order valence-corrected chi connectivity index (χ3v) is 4.87. The predicted octanol–water partition coefficient (Wildman–Crippen LogP) is 6.19. The molecule has 4 aromatic rings. The number of rotatable bonds is 8. The summed E-state index contributed by atoms with van der Waals surface area (Å²) in [6, 6.07) is 27.8. The molecule has 0 aliphatic rings. The van der Waals surface area contributed by atoms with E-state index in [1.807, 2.05) is 60.7 Å². The molecule has 0 atom stereocenters. The number of hydrogen-bond donors (Lipinski definition) is 2. The lowest BCUT2D eigenvalue weighted by molar-refractivity contribution is 0.766. The van der Waals surface area contributed by atoms with Gasteiger partial charge < -0.3 is 10.6 Å². The van der Waals surface area contributed by atoms with Gasteiger partial charge in [-0.1, -0.05) is 72.3 Å². The van der Waals surface area contributed by atoms with Crippen molar-refractivity contribution in [2.24, 2.45) is 0 Å². The van der Waals surface area contributed by atoms with Gasteiger partial charge in [0.05, 0.1) is 10.7 Å². The minimum Gasteiger partial charge on any atom is -0.324 e. The van der Waals surface area contributed by atoms with Gasteiger partial charge in [-0.3, -0.25) is 0 Å². The zero-order chi connectivity index (χ0) is 20.6. The molecule has 0 amide bonds.